The van der Waals surface area contributed by atoms with E-state index in [1.807, 2.05) is 0 Å². The first-order chi connectivity index (χ1) is 10.4. The minimum Gasteiger partial charge on any atom is -0.330 e. The number of carbonyl (C=O) groups excluding carboxylic acids is 1. The highest BCUT2D eigenvalue weighted by Crippen LogP contribution is 2.34. The van der Waals surface area contributed by atoms with Crippen LogP contribution in [0.3, 0.4) is 0 Å². The molecule has 6 nitrogen and oxygen atoms in total. The van der Waals surface area contributed by atoms with Crippen LogP contribution in [0.2, 0.25) is 0 Å². The predicted octanol–water partition coefficient (Wildman–Crippen LogP) is 1.30. The second-order valence-corrected chi connectivity index (χ2v) is 8.50. The molecule has 8 heteroatoms. The number of nitrogens with two attached hydrogens (primary N) is 1. The van der Waals surface area contributed by atoms with Crippen molar-refractivity contribution < 1.29 is 13.2 Å². The summed E-state index contributed by atoms with van der Waals surface area (Å²) in [5, 5.41) is 2.75. The van der Waals surface area contributed by atoms with Crippen LogP contribution in [-0.2, 0) is 21.2 Å². The molecule has 2 aliphatic rings. The van der Waals surface area contributed by atoms with Gasteiger partial charge in [0, 0.05) is 29.7 Å². The number of carbonyl (C=O) groups is 1. The van der Waals surface area contributed by atoms with E-state index in [4.69, 9.17) is 5.73 Å². The number of aryl methyl sites for hydroxylation is 1. The van der Waals surface area contributed by atoms with Gasteiger partial charge in [0.05, 0.1) is 4.90 Å². The van der Waals surface area contributed by atoms with Crippen LogP contribution in [0.5, 0.6) is 0 Å². The van der Waals surface area contributed by atoms with Crippen LogP contribution in [0.4, 0.5) is 5.69 Å². The lowest BCUT2D eigenvalue weighted by Gasteiger charge is -2.21. The Kier molecular flexibility index (Phi) is 4.28. The Labute approximate surface area is 138 Å². The van der Waals surface area contributed by atoms with E-state index >= 15 is 0 Å². The van der Waals surface area contributed by atoms with E-state index in [9.17, 15) is 13.2 Å². The molecule has 1 fully saturated rings. The zero-order valence-electron chi connectivity index (χ0n) is 12.0. The van der Waals surface area contributed by atoms with Crippen molar-refractivity contribution in [1.82, 2.24) is 4.31 Å². The minimum absolute atomic E-state index is 0.0810. The number of halogens is 1. The molecule has 1 aromatic carbocycles. The summed E-state index contributed by atoms with van der Waals surface area (Å²) < 4.78 is 27.7. The minimum atomic E-state index is -3.58. The molecule has 2 heterocycles. The van der Waals surface area contributed by atoms with Crippen LogP contribution in [0, 0.1) is 5.92 Å². The quantitative estimate of drug-likeness (QED) is 0.817. The number of sulfonamides is 1. The van der Waals surface area contributed by atoms with Crippen molar-refractivity contribution in [2.45, 2.75) is 24.2 Å². The molecule has 3 rings (SSSR count). The van der Waals surface area contributed by atoms with Crippen LogP contribution < -0.4 is 11.1 Å². The molecule has 1 atom stereocenters. The van der Waals surface area contributed by atoms with Crippen LogP contribution >= 0.6 is 15.9 Å². The maximum absolute atomic E-state index is 12.8. The first-order valence-electron chi connectivity index (χ1n) is 7.24. The number of benzene rings is 1. The van der Waals surface area contributed by atoms with Crippen molar-refractivity contribution in [1.29, 1.82) is 0 Å². The van der Waals surface area contributed by atoms with Gasteiger partial charge in [-0.05, 0) is 58.9 Å². The van der Waals surface area contributed by atoms with Crippen LogP contribution in [0.25, 0.3) is 0 Å². The van der Waals surface area contributed by atoms with E-state index in [1.165, 1.54) is 4.31 Å². The highest BCUT2D eigenvalue weighted by Gasteiger charge is 2.34. The molecule has 1 amide bonds. The van der Waals surface area contributed by atoms with E-state index < -0.39 is 10.0 Å². The Hall–Kier alpha value is -0.960. The molecular formula is C14H18BrN3O3S. The number of hydrogen-bond acceptors (Lipinski definition) is 4. The summed E-state index contributed by atoms with van der Waals surface area (Å²) in [6, 6.07) is 3.35. The molecule has 0 bridgehead atoms. The van der Waals surface area contributed by atoms with Crippen LogP contribution in [0.1, 0.15) is 18.4 Å². The number of hydrogen-bond donors (Lipinski definition) is 2. The smallest absolute Gasteiger partial charge is 0.244 e. The van der Waals surface area contributed by atoms with Crippen LogP contribution in [0.15, 0.2) is 21.5 Å². The number of nitrogens with one attached hydrogen (secondary N) is 1. The maximum Gasteiger partial charge on any atom is 0.244 e. The molecule has 1 unspecified atom stereocenters. The zero-order valence-corrected chi connectivity index (χ0v) is 14.4. The molecule has 120 valence electrons. The molecule has 2 aliphatic heterocycles. The zero-order chi connectivity index (χ0) is 15.9. The van der Waals surface area contributed by atoms with Crippen molar-refractivity contribution in [3.05, 3.63) is 22.2 Å². The Morgan fingerprint density at radius 1 is 1.36 bits per heavy atom. The van der Waals surface area contributed by atoms with Crippen molar-refractivity contribution >= 4 is 37.5 Å². The van der Waals surface area contributed by atoms with Gasteiger partial charge in [-0.15, -0.1) is 0 Å². The SMILES string of the molecule is NCC1CCN(S(=O)(=O)c2cc3c(cc2Br)CCC(=O)N3)C1. The Bertz CT molecular complexity index is 720. The lowest BCUT2D eigenvalue weighted by molar-refractivity contribution is -0.116. The predicted molar refractivity (Wildman–Crippen MR) is 87.0 cm³/mol. The monoisotopic (exact) mass is 387 g/mol. The third kappa shape index (κ3) is 2.80. The topological polar surface area (TPSA) is 92.5 Å². The van der Waals surface area contributed by atoms with Gasteiger partial charge in [0.1, 0.15) is 0 Å². The molecule has 22 heavy (non-hydrogen) atoms. The third-order valence-corrected chi connectivity index (χ3v) is 7.08. The summed E-state index contributed by atoms with van der Waals surface area (Å²) in [5.74, 6) is 0.133. The molecule has 1 saturated heterocycles. The largest absolute Gasteiger partial charge is 0.330 e. The molecule has 0 spiro atoms. The Morgan fingerprint density at radius 2 is 2.14 bits per heavy atom. The second kappa shape index (κ2) is 5.92. The first kappa shape index (κ1) is 15.9. The molecule has 0 radical (unpaired) electrons. The summed E-state index contributed by atoms with van der Waals surface area (Å²) in [6.07, 6.45) is 1.84. The van der Waals surface area contributed by atoms with Crippen LogP contribution in [-0.4, -0.2) is 38.3 Å². The van der Waals surface area contributed by atoms with Gasteiger partial charge < -0.3 is 11.1 Å². The normalized spacial score (nSPS) is 22.5. The number of nitrogens with zero attached hydrogens (tertiary/aromatic N) is 1. The average Bonchev–Trinajstić information content (AvgIpc) is 2.96. The fourth-order valence-electron chi connectivity index (χ4n) is 2.92. The van der Waals surface area contributed by atoms with Gasteiger partial charge in [-0.2, -0.15) is 4.31 Å². The standard InChI is InChI=1S/C14H18BrN3O3S/c15-11-5-10-1-2-14(19)17-12(10)6-13(11)22(20,21)18-4-3-9(7-16)8-18/h5-6,9H,1-4,7-8,16H2,(H,17,19). The van der Waals surface area contributed by atoms with Gasteiger partial charge in [-0.1, -0.05) is 0 Å². The number of amides is 1. The molecule has 0 aliphatic carbocycles. The number of anilines is 1. The molecule has 0 saturated carbocycles. The van der Waals surface area contributed by atoms with Gasteiger partial charge in [-0.3, -0.25) is 4.79 Å². The highest BCUT2D eigenvalue weighted by molar-refractivity contribution is 9.10. The number of fused-ring (bicyclic) bond motifs is 1. The molecule has 0 aromatic heterocycles. The average molecular weight is 388 g/mol. The Balaban J connectivity index is 1.97. The van der Waals surface area contributed by atoms with E-state index in [0.29, 0.717) is 42.6 Å². The van der Waals surface area contributed by atoms with E-state index in [2.05, 4.69) is 21.2 Å². The summed E-state index contributed by atoms with van der Waals surface area (Å²) in [7, 11) is -3.58. The highest BCUT2D eigenvalue weighted by atomic mass is 79.9. The van der Waals surface area contributed by atoms with Crippen molar-refractivity contribution in [2.24, 2.45) is 11.7 Å². The van der Waals surface area contributed by atoms with Gasteiger partial charge >= 0.3 is 0 Å². The Morgan fingerprint density at radius 3 is 2.82 bits per heavy atom. The van der Waals surface area contributed by atoms with E-state index in [-0.39, 0.29) is 16.7 Å². The molecule has 1 aromatic rings. The second-order valence-electron chi connectivity index (χ2n) is 5.74. The third-order valence-electron chi connectivity index (χ3n) is 4.25. The van der Waals surface area contributed by atoms with Crippen molar-refractivity contribution in [2.75, 3.05) is 25.0 Å². The van der Waals surface area contributed by atoms with E-state index in [1.54, 1.807) is 12.1 Å². The summed E-state index contributed by atoms with van der Waals surface area (Å²) in [5.41, 5.74) is 7.18. The molecular weight excluding hydrogens is 370 g/mol. The fourth-order valence-corrected chi connectivity index (χ4v) is 5.53. The van der Waals surface area contributed by atoms with Gasteiger partial charge in [0.15, 0.2) is 0 Å². The molecule has 3 N–H and O–H groups in total. The maximum atomic E-state index is 12.8. The van der Waals surface area contributed by atoms with E-state index in [0.717, 1.165) is 12.0 Å². The van der Waals surface area contributed by atoms with Gasteiger partial charge in [0.2, 0.25) is 15.9 Å². The van der Waals surface area contributed by atoms with Gasteiger partial charge in [-0.25, -0.2) is 8.42 Å². The van der Waals surface area contributed by atoms with Gasteiger partial charge in [0.25, 0.3) is 0 Å². The first-order valence-corrected chi connectivity index (χ1v) is 9.47. The summed E-state index contributed by atoms with van der Waals surface area (Å²) in [6.45, 7) is 1.43. The summed E-state index contributed by atoms with van der Waals surface area (Å²) in [4.78, 5) is 11.7. The lowest BCUT2D eigenvalue weighted by Crippen LogP contribution is -2.30. The fraction of sp³-hybridized carbons (Fsp3) is 0.500. The number of rotatable bonds is 3. The summed E-state index contributed by atoms with van der Waals surface area (Å²) >= 11 is 3.36. The van der Waals surface area contributed by atoms with Crippen molar-refractivity contribution in [3.8, 4) is 0 Å². The lowest BCUT2D eigenvalue weighted by atomic mass is 10.0. The van der Waals surface area contributed by atoms with Crippen molar-refractivity contribution in [3.63, 3.8) is 0 Å².